The molecule has 0 fully saturated rings. The number of halogens is 5. The van der Waals surface area contributed by atoms with Gasteiger partial charge < -0.3 is 10.6 Å². The van der Waals surface area contributed by atoms with Gasteiger partial charge in [0.2, 0.25) is 0 Å². The van der Waals surface area contributed by atoms with Crippen molar-refractivity contribution in [2.45, 2.75) is 26.1 Å². The number of benzene rings is 1. The molecule has 3 aromatic rings. The van der Waals surface area contributed by atoms with Crippen LogP contribution in [0.15, 0.2) is 43.1 Å². The molecule has 7 nitrogen and oxygen atoms in total. The Morgan fingerprint density at radius 3 is 2.47 bits per heavy atom. The van der Waals surface area contributed by atoms with Crippen LogP contribution in [0.5, 0.6) is 0 Å². The van der Waals surface area contributed by atoms with E-state index in [0.29, 0.717) is 10.7 Å². The van der Waals surface area contributed by atoms with Crippen molar-refractivity contribution < 1.29 is 22.8 Å². The van der Waals surface area contributed by atoms with Crippen molar-refractivity contribution in [3.63, 3.8) is 0 Å². The lowest BCUT2D eigenvalue weighted by Crippen LogP contribution is -2.31. The largest absolute Gasteiger partial charge is 0.435 e. The number of pyridine rings is 1. The van der Waals surface area contributed by atoms with Gasteiger partial charge in [0.05, 0.1) is 16.3 Å². The van der Waals surface area contributed by atoms with E-state index in [1.165, 1.54) is 36.5 Å². The van der Waals surface area contributed by atoms with Crippen molar-refractivity contribution in [2.24, 2.45) is 0 Å². The Labute approximate surface area is 202 Å². The molecule has 0 bridgehead atoms. The maximum Gasteiger partial charge on any atom is 0.435 e. The fraction of sp³-hybridized carbons (Fsp3) is 0.182. The number of amides is 2. The van der Waals surface area contributed by atoms with Crippen LogP contribution < -0.4 is 10.6 Å². The molecule has 0 aliphatic carbocycles. The highest BCUT2D eigenvalue weighted by Gasteiger charge is 2.37. The first-order valence-electron chi connectivity index (χ1n) is 9.78. The first-order valence-corrected chi connectivity index (χ1v) is 10.5. The molecule has 2 aromatic heterocycles. The molecule has 0 saturated heterocycles. The van der Waals surface area contributed by atoms with Crippen molar-refractivity contribution in [3.05, 3.63) is 75.7 Å². The molecule has 0 unspecified atom stereocenters. The Kier molecular flexibility index (Phi) is 7.32. The monoisotopic (exact) mass is 511 g/mol. The lowest BCUT2D eigenvalue weighted by atomic mass is 10.1. The number of rotatable bonds is 6. The number of hydrogen-bond acceptors (Lipinski definition) is 4. The van der Waals surface area contributed by atoms with Crippen LogP contribution in [0.3, 0.4) is 0 Å². The molecular formula is C22H18Cl2F3N5O2. The van der Waals surface area contributed by atoms with Gasteiger partial charge in [0.15, 0.2) is 11.5 Å². The molecule has 178 valence electrons. The maximum absolute atomic E-state index is 13.4. The zero-order chi connectivity index (χ0) is 25.2. The fourth-order valence-electron chi connectivity index (χ4n) is 3.00. The van der Waals surface area contributed by atoms with Crippen molar-refractivity contribution in [3.8, 4) is 5.82 Å². The molecule has 0 spiro atoms. The van der Waals surface area contributed by atoms with E-state index < -0.39 is 29.4 Å². The predicted molar refractivity (Wildman–Crippen MR) is 123 cm³/mol. The minimum atomic E-state index is -4.84. The molecule has 34 heavy (non-hydrogen) atoms. The molecule has 0 saturated carbocycles. The zero-order valence-corrected chi connectivity index (χ0v) is 19.4. The number of anilines is 1. The zero-order valence-electron chi connectivity index (χ0n) is 17.9. The van der Waals surface area contributed by atoms with Crippen molar-refractivity contribution in [1.29, 1.82) is 0 Å². The van der Waals surface area contributed by atoms with E-state index in [9.17, 15) is 22.8 Å². The van der Waals surface area contributed by atoms with Crippen LogP contribution in [-0.2, 0) is 6.18 Å². The van der Waals surface area contributed by atoms with E-state index in [0.717, 1.165) is 0 Å². The number of nitrogens with one attached hydrogen (secondary N) is 2. The van der Waals surface area contributed by atoms with E-state index in [-0.39, 0.29) is 38.7 Å². The van der Waals surface area contributed by atoms with Gasteiger partial charge in [-0.2, -0.15) is 18.3 Å². The average Bonchev–Trinajstić information content (AvgIpc) is 3.20. The summed E-state index contributed by atoms with van der Waals surface area (Å²) in [5.74, 6) is -1.72. The van der Waals surface area contributed by atoms with E-state index >= 15 is 0 Å². The molecule has 0 atom stereocenters. The molecule has 2 amide bonds. The Morgan fingerprint density at radius 1 is 1.18 bits per heavy atom. The van der Waals surface area contributed by atoms with E-state index in [2.05, 4.69) is 27.3 Å². The van der Waals surface area contributed by atoms with E-state index in [1.807, 2.05) is 0 Å². The molecule has 12 heteroatoms. The molecule has 0 aliphatic rings. The summed E-state index contributed by atoms with van der Waals surface area (Å²) in [7, 11) is 0. The van der Waals surface area contributed by atoms with E-state index in [4.69, 9.17) is 23.2 Å². The summed E-state index contributed by atoms with van der Waals surface area (Å²) >= 11 is 12.2. The molecule has 3 rings (SSSR count). The lowest BCUT2D eigenvalue weighted by Gasteiger charge is -2.16. The Balaban J connectivity index is 2.14. The van der Waals surface area contributed by atoms with Gasteiger partial charge in [-0.25, -0.2) is 9.67 Å². The van der Waals surface area contributed by atoms with Gasteiger partial charge in [0.1, 0.15) is 5.69 Å². The summed E-state index contributed by atoms with van der Waals surface area (Å²) in [5, 5.41) is 8.84. The molecular weight excluding hydrogens is 494 g/mol. The van der Waals surface area contributed by atoms with Gasteiger partial charge in [0.25, 0.3) is 11.8 Å². The number of nitrogens with zero attached hydrogens (tertiary/aromatic N) is 3. The van der Waals surface area contributed by atoms with Gasteiger partial charge in [-0.15, -0.1) is 0 Å². The van der Waals surface area contributed by atoms with Crippen molar-refractivity contribution in [2.75, 3.05) is 5.32 Å². The highest BCUT2D eigenvalue weighted by atomic mass is 35.5. The number of aromatic nitrogens is 3. The van der Waals surface area contributed by atoms with E-state index in [1.54, 1.807) is 13.8 Å². The van der Waals surface area contributed by atoms with Gasteiger partial charge in [-0.05, 0) is 43.7 Å². The Hall–Kier alpha value is -3.37. The average molecular weight is 512 g/mol. The second-order valence-corrected chi connectivity index (χ2v) is 8.18. The SMILES string of the molecule is C=Cc1cc(Cl)cc(C(=O)NC(C)C)c1NC(=O)c1cc(C(F)(F)F)nn1-c1ncccc1Cl. The quantitative estimate of drug-likeness (QED) is 0.449. The van der Waals surface area contributed by atoms with Crippen LogP contribution in [0.25, 0.3) is 11.9 Å². The third-order valence-electron chi connectivity index (χ3n) is 4.43. The van der Waals surface area contributed by atoms with Crippen molar-refractivity contribution in [1.82, 2.24) is 20.1 Å². The predicted octanol–water partition coefficient (Wildman–Crippen LogP) is 5.63. The van der Waals surface area contributed by atoms with Gasteiger partial charge >= 0.3 is 6.18 Å². The van der Waals surface area contributed by atoms with Crippen LogP contribution in [0.1, 0.15) is 46.0 Å². The highest BCUT2D eigenvalue weighted by Crippen LogP contribution is 2.32. The highest BCUT2D eigenvalue weighted by molar-refractivity contribution is 6.32. The van der Waals surface area contributed by atoms with Crippen LogP contribution in [-0.4, -0.2) is 32.6 Å². The topological polar surface area (TPSA) is 88.9 Å². The van der Waals surface area contributed by atoms with Crippen LogP contribution in [0.2, 0.25) is 10.0 Å². The van der Waals surface area contributed by atoms with Crippen LogP contribution in [0, 0.1) is 0 Å². The number of alkyl halides is 3. The number of hydrogen-bond donors (Lipinski definition) is 2. The lowest BCUT2D eigenvalue weighted by molar-refractivity contribution is -0.141. The first kappa shape index (κ1) is 25.3. The van der Waals surface area contributed by atoms with Gasteiger partial charge in [0, 0.05) is 23.3 Å². The summed E-state index contributed by atoms with van der Waals surface area (Å²) in [6.07, 6.45) is -2.20. The van der Waals surface area contributed by atoms with Crippen LogP contribution in [0.4, 0.5) is 18.9 Å². The van der Waals surface area contributed by atoms with Gasteiger partial charge in [-0.3, -0.25) is 9.59 Å². The second kappa shape index (κ2) is 9.86. The third kappa shape index (κ3) is 5.40. The molecule has 1 aromatic carbocycles. The normalized spacial score (nSPS) is 11.4. The summed E-state index contributed by atoms with van der Waals surface area (Å²) in [6.45, 7) is 7.13. The minimum Gasteiger partial charge on any atom is -0.350 e. The van der Waals surface area contributed by atoms with Crippen LogP contribution >= 0.6 is 23.2 Å². The number of carbonyl (C=O) groups is 2. The second-order valence-electron chi connectivity index (χ2n) is 7.34. The Morgan fingerprint density at radius 2 is 1.88 bits per heavy atom. The standard InChI is InChI=1S/C22H18Cl2F3N5O2/c1-4-12-8-13(23)9-14(20(33)29-11(2)3)18(12)30-21(34)16-10-17(22(25,26)27)31-32(16)19-15(24)6-5-7-28-19/h4-11H,1H2,2-3H3,(H,29,33)(H,30,34). The molecule has 0 aliphatic heterocycles. The molecule has 2 N–H and O–H groups in total. The van der Waals surface area contributed by atoms with Gasteiger partial charge in [-0.1, -0.05) is 35.9 Å². The smallest absolute Gasteiger partial charge is 0.350 e. The molecule has 2 heterocycles. The summed E-state index contributed by atoms with van der Waals surface area (Å²) < 4.78 is 40.9. The third-order valence-corrected chi connectivity index (χ3v) is 4.94. The fourth-order valence-corrected chi connectivity index (χ4v) is 3.43. The summed E-state index contributed by atoms with van der Waals surface area (Å²) in [6, 6.07) is 5.98. The summed E-state index contributed by atoms with van der Waals surface area (Å²) in [4.78, 5) is 29.9. The Bertz CT molecular complexity index is 1270. The minimum absolute atomic E-state index is 0.00225. The number of carbonyl (C=O) groups excluding carboxylic acids is 2. The summed E-state index contributed by atoms with van der Waals surface area (Å²) in [5.41, 5.74) is -1.53. The van der Waals surface area contributed by atoms with Crippen molar-refractivity contribution >= 4 is 46.8 Å². The maximum atomic E-state index is 13.4. The first-order chi connectivity index (χ1) is 15.9. The molecule has 0 radical (unpaired) electrons.